The second-order valence-electron chi connectivity index (χ2n) is 5.35. The zero-order valence-electron chi connectivity index (χ0n) is 11.4. The number of hydrogen-bond donors (Lipinski definition) is 1. The van der Waals surface area contributed by atoms with Crippen molar-refractivity contribution >= 4 is 21.7 Å². The molecule has 0 amide bonds. The molecule has 0 saturated heterocycles. The molecule has 0 spiro atoms. The maximum atomic E-state index is 4.54. The summed E-state index contributed by atoms with van der Waals surface area (Å²) in [4.78, 5) is 8.95. The summed E-state index contributed by atoms with van der Waals surface area (Å²) in [5.74, 6) is 1.66. The summed E-state index contributed by atoms with van der Waals surface area (Å²) < 4.78 is 2.68. The van der Waals surface area contributed by atoms with Gasteiger partial charge >= 0.3 is 0 Å². The number of aromatic nitrogens is 4. The molecule has 2 rings (SSSR count). The number of rotatable bonds is 4. The van der Waals surface area contributed by atoms with Gasteiger partial charge in [-0.1, -0.05) is 20.8 Å². The molecular weight excluding hydrogens is 306 g/mol. The van der Waals surface area contributed by atoms with Crippen LogP contribution in [-0.2, 0) is 12.0 Å². The normalized spacial score (nSPS) is 11.6. The fourth-order valence-electron chi connectivity index (χ4n) is 1.57. The van der Waals surface area contributed by atoms with Gasteiger partial charge in [0.2, 0.25) is 0 Å². The SMILES string of the molecule is CC(C)(C)c1nc(Br)cc(NCCn2cccn2)n1. The Morgan fingerprint density at radius 3 is 2.74 bits per heavy atom. The first kappa shape index (κ1) is 14.0. The lowest BCUT2D eigenvalue weighted by molar-refractivity contribution is 0.543. The lowest BCUT2D eigenvalue weighted by Gasteiger charge is -2.18. The predicted octanol–water partition coefficient (Wildman–Crippen LogP) is 2.85. The molecule has 0 radical (unpaired) electrons. The molecule has 0 aliphatic rings. The van der Waals surface area contributed by atoms with Gasteiger partial charge in [0.15, 0.2) is 0 Å². The van der Waals surface area contributed by atoms with Crippen molar-refractivity contribution in [1.82, 2.24) is 19.7 Å². The van der Waals surface area contributed by atoms with E-state index >= 15 is 0 Å². The van der Waals surface area contributed by atoms with E-state index in [0.717, 1.165) is 29.3 Å². The number of hydrogen-bond acceptors (Lipinski definition) is 4. The number of nitrogens with one attached hydrogen (secondary N) is 1. The number of anilines is 1. The van der Waals surface area contributed by atoms with Gasteiger partial charge in [0.05, 0.1) is 6.54 Å². The van der Waals surface area contributed by atoms with Crippen LogP contribution in [0.5, 0.6) is 0 Å². The molecule has 0 fully saturated rings. The standard InChI is InChI=1S/C13H18BrN5/c1-13(2,3)12-17-10(14)9-11(18-12)15-6-8-19-7-4-5-16-19/h4-5,7,9H,6,8H2,1-3H3,(H,15,17,18). The summed E-state index contributed by atoms with van der Waals surface area (Å²) in [7, 11) is 0. The zero-order valence-corrected chi connectivity index (χ0v) is 13.0. The van der Waals surface area contributed by atoms with Crippen molar-refractivity contribution in [2.75, 3.05) is 11.9 Å². The molecule has 0 aliphatic carbocycles. The molecule has 0 aliphatic heterocycles. The molecule has 6 heteroatoms. The zero-order chi connectivity index (χ0) is 13.9. The quantitative estimate of drug-likeness (QED) is 0.879. The van der Waals surface area contributed by atoms with E-state index in [2.05, 4.69) is 57.1 Å². The molecule has 0 unspecified atom stereocenters. The van der Waals surface area contributed by atoms with Gasteiger partial charge in [-0.2, -0.15) is 5.10 Å². The second-order valence-corrected chi connectivity index (χ2v) is 6.16. The van der Waals surface area contributed by atoms with Gasteiger partial charge in [0.1, 0.15) is 16.2 Å². The van der Waals surface area contributed by atoms with Crippen molar-refractivity contribution in [2.24, 2.45) is 0 Å². The Kier molecular flexibility index (Phi) is 4.19. The van der Waals surface area contributed by atoms with Crippen molar-refractivity contribution in [3.63, 3.8) is 0 Å². The maximum absolute atomic E-state index is 4.54. The van der Waals surface area contributed by atoms with E-state index in [4.69, 9.17) is 0 Å². The average molecular weight is 324 g/mol. The van der Waals surface area contributed by atoms with E-state index in [1.807, 2.05) is 23.0 Å². The summed E-state index contributed by atoms with van der Waals surface area (Å²) in [6.07, 6.45) is 3.72. The summed E-state index contributed by atoms with van der Waals surface area (Å²) in [6, 6.07) is 3.80. The number of nitrogens with zero attached hydrogens (tertiary/aromatic N) is 4. The smallest absolute Gasteiger partial charge is 0.137 e. The molecule has 0 atom stereocenters. The van der Waals surface area contributed by atoms with E-state index < -0.39 is 0 Å². The van der Waals surface area contributed by atoms with Crippen LogP contribution < -0.4 is 5.32 Å². The average Bonchev–Trinajstić information content (AvgIpc) is 2.80. The first-order valence-electron chi connectivity index (χ1n) is 6.21. The molecular formula is C13H18BrN5. The van der Waals surface area contributed by atoms with Crippen LogP contribution in [-0.4, -0.2) is 26.3 Å². The van der Waals surface area contributed by atoms with Gasteiger partial charge in [-0.05, 0) is 22.0 Å². The summed E-state index contributed by atoms with van der Waals surface area (Å²) in [5.41, 5.74) is -0.0673. The van der Waals surface area contributed by atoms with E-state index in [-0.39, 0.29) is 5.41 Å². The highest BCUT2D eigenvalue weighted by atomic mass is 79.9. The Hall–Kier alpha value is -1.43. The van der Waals surface area contributed by atoms with Crippen molar-refractivity contribution < 1.29 is 0 Å². The summed E-state index contributed by atoms with van der Waals surface area (Å²) >= 11 is 3.43. The molecule has 0 aromatic carbocycles. The minimum Gasteiger partial charge on any atom is -0.368 e. The van der Waals surface area contributed by atoms with Gasteiger partial charge in [0.25, 0.3) is 0 Å². The van der Waals surface area contributed by atoms with Crippen molar-refractivity contribution in [3.8, 4) is 0 Å². The molecule has 2 heterocycles. The number of halogens is 1. The first-order valence-corrected chi connectivity index (χ1v) is 7.01. The third kappa shape index (κ3) is 4.02. The minimum atomic E-state index is -0.0673. The lowest BCUT2D eigenvalue weighted by Crippen LogP contribution is -2.18. The van der Waals surface area contributed by atoms with Gasteiger partial charge in [-0.25, -0.2) is 9.97 Å². The lowest BCUT2D eigenvalue weighted by atomic mass is 9.96. The van der Waals surface area contributed by atoms with Crippen LogP contribution in [0.2, 0.25) is 0 Å². The van der Waals surface area contributed by atoms with Crippen LogP contribution in [0.4, 0.5) is 5.82 Å². The summed E-state index contributed by atoms with van der Waals surface area (Å²) in [5, 5.41) is 7.45. The van der Waals surface area contributed by atoms with Crippen LogP contribution in [0.1, 0.15) is 26.6 Å². The topological polar surface area (TPSA) is 55.6 Å². The Morgan fingerprint density at radius 2 is 2.11 bits per heavy atom. The Balaban J connectivity index is 2.02. The van der Waals surface area contributed by atoms with Crippen LogP contribution in [0.15, 0.2) is 29.1 Å². The molecule has 2 aromatic heterocycles. The fourth-order valence-corrected chi connectivity index (χ4v) is 1.96. The first-order chi connectivity index (χ1) is 8.95. The highest BCUT2D eigenvalue weighted by Crippen LogP contribution is 2.22. The third-order valence-corrected chi connectivity index (χ3v) is 2.98. The monoisotopic (exact) mass is 323 g/mol. The third-order valence-electron chi connectivity index (χ3n) is 2.57. The van der Waals surface area contributed by atoms with Crippen LogP contribution >= 0.6 is 15.9 Å². The van der Waals surface area contributed by atoms with E-state index in [9.17, 15) is 0 Å². The highest BCUT2D eigenvalue weighted by Gasteiger charge is 2.18. The van der Waals surface area contributed by atoms with Gasteiger partial charge in [-0.3, -0.25) is 4.68 Å². The molecule has 19 heavy (non-hydrogen) atoms. The predicted molar refractivity (Wildman–Crippen MR) is 79.1 cm³/mol. The fraction of sp³-hybridized carbons (Fsp3) is 0.462. The summed E-state index contributed by atoms with van der Waals surface area (Å²) in [6.45, 7) is 7.88. The van der Waals surface area contributed by atoms with Crippen LogP contribution in [0, 0.1) is 0 Å². The molecule has 2 aromatic rings. The van der Waals surface area contributed by atoms with Gasteiger partial charge in [0, 0.05) is 30.4 Å². The van der Waals surface area contributed by atoms with Crippen LogP contribution in [0.3, 0.4) is 0 Å². The van der Waals surface area contributed by atoms with Crippen molar-refractivity contribution in [2.45, 2.75) is 32.7 Å². The van der Waals surface area contributed by atoms with Crippen molar-refractivity contribution in [3.05, 3.63) is 35.0 Å². The highest BCUT2D eigenvalue weighted by molar-refractivity contribution is 9.10. The van der Waals surface area contributed by atoms with Gasteiger partial charge in [-0.15, -0.1) is 0 Å². The molecule has 1 N–H and O–H groups in total. The second kappa shape index (κ2) is 5.69. The maximum Gasteiger partial charge on any atom is 0.137 e. The minimum absolute atomic E-state index is 0.0673. The molecule has 102 valence electrons. The Bertz CT molecular complexity index is 530. The molecule has 5 nitrogen and oxygen atoms in total. The van der Waals surface area contributed by atoms with Crippen molar-refractivity contribution in [1.29, 1.82) is 0 Å². The molecule has 0 bridgehead atoms. The Labute approximate surface area is 121 Å². The van der Waals surface area contributed by atoms with Gasteiger partial charge < -0.3 is 5.32 Å². The van der Waals surface area contributed by atoms with E-state index in [1.165, 1.54) is 0 Å². The molecule has 0 saturated carbocycles. The van der Waals surface area contributed by atoms with E-state index in [1.54, 1.807) is 6.20 Å². The van der Waals surface area contributed by atoms with Crippen LogP contribution in [0.25, 0.3) is 0 Å². The van der Waals surface area contributed by atoms with E-state index in [0.29, 0.717) is 0 Å². The Morgan fingerprint density at radius 1 is 1.32 bits per heavy atom. The largest absolute Gasteiger partial charge is 0.368 e.